The number of hydrogen-bond acceptors (Lipinski definition) is 2. The summed E-state index contributed by atoms with van der Waals surface area (Å²) in [5.74, 6) is -2.75. The third-order valence-electron chi connectivity index (χ3n) is 2.45. The van der Waals surface area contributed by atoms with Crippen LogP contribution in [-0.2, 0) is 0 Å². The molecule has 0 fully saturated rings. The van der Waals surface area contributed by atoms with Gasteiger partial charge in [-0.2, -0.15) is 0 Å². The first-order valence-electron chi connectivity index (χ1n) is 4.68. The minimum absolute atomic E-state index is 0.290. The predicted octanol–water partition coefficient (Wildman–Crippen LogP) is 2.27. The number of hydrogen-bond donors (Lipinski definition) is 1. The molecule has 1 atom stereocenters. The number of carbonyl (C=O) groups excluding carboxylic acids is 1. The predicted molar refractivity (Wildman–Crippen MR) is 53.6 cm³/mol. The summed E-state index contributed by atoms with van der Waals surface area (Å²) in [4.78, 5) is 11.7. The van der Waals surface area contributed by atoms with E-state index in [1.54, 1.807) is 6.92 Å². The fourth-order valence-electron chi connectivity index (χ4n) is 1.15. The molecule has 2 N–H and O–H groups in total. The molecule has 1 rings (SSSR count). The van der Waals surface area contributed by atoms with Crippen LogP contribution in [0, 0.1) is 11.6 Å². The van der Waals surface area contributed by atoms with Gasteiger partial charge in [0, 0.05) is 0 Å². The molecule has 0 aliphatic heterocycles. The van der Waals surface area contributed by atoms with E-state index in [1.165, 1.54) is 19.1 Å². The summed E-state index contributed by atoms with van der Waals surface area (Å²) in [6.45, 7) is 3.22. The Balaban J connectivity index is 3.18. The normalized spacial score (nSPS) is 14.7. The van der Waals surface area contributed by atoms with E-state index >= 15 is 0 Å². The number of benzene rings is 1. The first-order chi connectivity index (χ1) is 6.90. The molecule has 4 heteroatoms. The van der Waals surface area contributed by atoms with Gasteiger partial charge in [-0.15, -0.1) is 0 Å². The number of rotatable bonds is 3. The number of Topliss-reactive ketones (excluding diaryl/α,β-unsaturated/α-hetero) is 1. The van der Waals surface area contributed by atoms with Crippen molar-refractivity contribution in [1.82, 2.24) is 0 Å². The lowest BCUT2D eigenvalue weighted by Gasteiger charge is -2.21. The molecule has 0 aromatic heterocycles. The highest BCUT2D eigenvalue weighted by Gasteiger charge is 2.29. The molecule has 0 saturated carbocycles. The maximum Gasteiger partial charge on any atom is 0.185 e. The maximum atomic E-state index is 13.3. The number of ketones is 1. The minimum atomic E-state index is -1.16. The van der Waals surface area contributed by atoms with Crippen LogP contribution in [-0.4, -0.2) is 11.3 Å². The standard InChI is InChI=1S/C11H13F2NO/c1-3-11(2,14)10(15)7-5-4-6-8(12)9(7)13/h4-6H,3,14H2,1-2H3. The van der Waals surface area contributed by atoms with Crippen LogP contribution < -0.4 is 5.73 Å². The third-order valence-corrected chi connectivity index (χ3v) is 2.45. The molecular weight excluding hydrogens is 200 g/mol. The second kappa shape index (κ2) is 4.06. The fraction of sp³-hybridized carbons (Fsp3) is 0.364. The number of halogens is 2. The molecule has 15 heavy (non-hydrogen) atoms. The SMILES string of the molecule is CCC(C)(N)C(=O)c1cccc(F)c1F. The van der Waals surface area contributed by atoms with E-state index in [0.29, 0.717) is 6.42 Å². The smallest absolute Gasteiger partial charge is 0.185 e. The van der Waals surface area contributed by atoms with Gasteiger partial charge in [-0.1, -0.05) is 13.0 Å². The van der Waals surface area contributed by atoms with Gasteiger partial charge in [0.2, 0.25) is 0 Å². The van der Waals surface area contributed by atoms with E-state index in [-0.39, 0.29) is 5.56 Å². The van der Waals surface area contributed by atoms with Crippen molar-refractivity contribution in [3.8, 4) is 0 Å². The van der Waals surface area contributed by atoms with Crippen LogP contribution in [0.5, 0.6) is 0 Å². The van der Waals surface area contributed by atoms with Gasteiger partial charge in [-0.05, 0) is 25.5 Å². The molecule has 0 heterocycles. The average Bonchev–Trinajstić information content (AvgIpc) is 2.21. The van der Waals surface area contributed by atoms with Crippen molar-refractivity contribution in [2.24, 2.45) is 5.73 Å². The summed E-state index contributed by atoms with van der Waals surface area (Å²) in [7, 11) is 0. The highest BCUT2D eigenvalue weighted by atomic mass is 19.2. The number of nitrogens with two attached hydrogens (primary N) is 1. The first kappa shape index (κ1) is 11.8. The van der Waals surface area contributed by atoms with Crippen LogP contribution in [0.2, 0.25) is 0 Å². The van der Waals surface area contributed by atoms with Crippen molar-refractivity contribution >= 4 is 5.78 Å². The Morgan fingerprint density at radius 3 is 2.60 bits per heavy atom. The molecule has 0 amide bonds. The van der Waals surface area contributed by atoms with E-state index < -0.39 is 23.0 Å². The van der Waals surface area contributed by atoms with Crippen LogP contribution >= 0.6 is 0 Å². The van der Waals surface area contributed by atoms with E-state index in [0.717, 1.165) is 6.07 Å². The molecule has 2 nitrogen and oxygen atoms in total. The van der Waals surface area contributed by atoms with Crippen molar-refractivity contribution < 1.29 is 13.6 Å². The van der Waals surface area contributed by atoms with Crippen LogP contribution in [0.4, 0.5) is 8.78 Å². The molecule has 82 valence electrons. The van der Waals surface area contributed by atoms with Crippen LogP contribution in [0.25, 0.3) is 0 Å². The monoisotopic (exact) mass is 213 g/mol. The highest BCUT2D eigenvalue weighted by Crippen LogP contribution is 2.18. The average molecular weight is 213 g/mol. The Morgan fingerprint density at radius 1 is 1.47 bits per heavy atom. The molecule has 0 bridgehead atoms. The van der Waals surface area contributed by atoms with Crippen molar-refractivity contribution in [3.05, 3.63) is 35.4 Å². The summed E-state index contributed by atoms with van der Waals surface area (Å²) in [6.07, 6.45) is 0.363. The lowest BCUT2D eigenvalue weighted by molar-refractivity contribution is 0.0892. The molecular formula is C11H13F2NO. The van der Waals surface area contributed by atoms with E-state index in [4.69, 9.17) is 5.73 Å². The van der Waals surface area contributed by atoms with E-state index in [9.17, 15) is 13.6 Å². The van der Waals surface area contributed by atoms with Gasteiger partial charge in [-0.25, -0.2) is 8.78 Å². The second-order valence-corrected chi connectivity index (χ2v) is 3.70. The largest absolute Gasteiger partial charge is 0.319 e. The summed E-state index contributed by atoms with van der Waals surface area (Å²) >= 11 is 0. The third kappa shape index (κ3) is 2.21. The van der Waals surface area contributed by atoms with Gasteiger partial charge in [-0.3, -0.25) is 4.79 Å². The Labute approximate surface area is 87.1 Å². The van der Waals surface area contributed by atoms with Crippen molar-refractivity contribution in [2.75, 3.05) is 0 Å². The minimum Gasteiger partial charge on any atom is -0.319 e. The van der Waals surface area contributed by atoms with Crippen LogP contribution in [0.1, 0.15) is 30.6 Å². The van der Waals surface area contributed by atoms with Crippen LogP contribution in [0.3, 0.4) is 0 Å². The van der Waals surface area contributed by atoms with Crippen molar-refractivity contribution in [2.45, 2.75) is 25.8 Å². The first-order valence-corrected chi connectivity index (χ1v) is 4.68. The topological polar surface area (TPSA) is 43.1 Å². The van der Waals surface area contributed by atoms with Crippen molar-refractivity contribution in [3.63, 3.8) is 0 Å². The Bertz CT molecular complexity index is 388. The van der Waals surface area contributed by atoms with E-state index in [1.807, 2.05) is 0 Å². The molecule has 0 radical (unpaired) electrons. The summed E-state index contributed by atoms with van der Waals surface area (Å²) in [5.41, 5.74) is 4.22. The Kier molecular flexibility index (Phi) is 3.19. The molecule has 1 aromatic rings. The van der Waals surface area contributed by atoms with Gasteiger partial charge >= 0.3 is 0 Å². The van der Waals surface area contributed by atoms with Gasteiger partial charge in [0.05, 0.1) is 11.1 Å². The lowest BCUT2D eigenvalue weighted by atomic mass is 9.89. The summed E-state index contributed by atoms with van der Waals surface area (Å²) in [5, 5.41) is 0. The summed E-state index contributed by atoms with van der Waals surface area (Å²) < 4.78 is 26.1. The molecule has 0 saturated heterocycles. The van der Waals surface area contributed by atoms with Gasteiger partial charge in [0.15, 0.2) is 17.4 Å². The molecule has 0 spiro atoms. The zero-order chi connectivity index (χ0) is 11.6. The van der Waals surface area contributed by atoms with E-state index in [2.05, 4.69) is 0 Å². The van der Waals surface area contributed by atoms with Gasteiger partial charge in [0.25, 0.3) is 0 Å². The second-order valence-electron chi connectivity index (χ2n) is 3.70. The van der Waals surface area contributed by atoms with Crippen molar-refractivity contribution in [1.29, 1.82) is 0 Å². The Morgan fingerprint density at radius 2 is 2.07 bits per heavy atom. The van der Waals surface area contributed by atoms with Crippen LogP contribution in [0.15, 0.2) is 18.2 Å². The van der Waals surface area contributed by atoms with Gasteiger partial charge < -0.3 is 5.73 Å². The zero-order valence-electron chi connectivity index (χ0n) is 8.68. The number of carbonyl (C=O) groups is 1. The highest BCUT2D eigenvalue weighted by molar-refractivity contribution is 6.02. The maximum absolute atomic E-state index is 13.3. The lowest BCUT2D eigenvalue weighted by Crippen LogP contribution is -2.44. The summed E-state index contributed by atoms with van der Waals surface area (Å²) in [6, 6.07) is 3.49. The quantitative estimate of drug-likeness (QED) is 0.783. The molecule has 0 aliphatic carbocycles. The molecule has 1 aromatic carbocycles. The Hall–Kier alpha value is -1.29. The fourth-order valence-corrected chi connectivity index (χ4v) is 1.15. The van der Waals surface area contributed by atoms with Gasteiger partial charge in [0.1, 0.15) is 0 Å². The molecule has 1 unspecified atom stereocenters. The zero-order valence-corrected chi connectivity index (χ0v) is 8.68. The molecule has 0 aliphatic rings.